The Morgan fingerprint density at radius 1 is 0.833 bits per heavy atom. The van der Waals surface area contributed by atoms with E-state index >= 15 is 0 Å². The van der Waals surface area contributed by atoms with Crippen LogP contribution in [0.5, 0.6) is 0 Å². The van der Waals surface area contributed by atoms with Crippen LogP contribution in [0.2, 0.25) is 5.02 Å². The predicted octanol–water partition coefficient (Wildman–Crippen LogP) is 5.36. The maximum absolute atomic E-state index is 14.2. The molecular weight excluding hydrogens is 472 g/mol. The summed E-state index contributed by atoms with van der Waals surface area (Å²) in [4.78, 5) is 28.0. The van der Waals surface area contributed by atoms with Gasteiger partial charge in [0.1, 0.15) is 11.6 Å². The number of hydrogen-bond acceptors (Lipinski definition) is 3. The lowest BCUT2D eigenvalue weighted by molar-refractivity contribution is -0.123. The molecule has 0 aliphatic rings. The number of aromatic nitrogens is 3. The van der Waals surface area contributed by atoms with Crippen LogP contribution < -0.4 is 10.9 Å². The summed E-state index contributed by atoms with van der Waals surface area (Å²) in [7, 11) is 0. The van der Waals surface area contributed by atoms with E-state index in [1.165, 1.54) is 0 Å². The largest absolute Gasteiger partial charge is 0.350 e. The Morgan fingerprint density at radius 2 is 1.50 bits per heavy atom. The quantitative estimate of drug-likeness (QED) is 0.352. The van der Waals surface area contributed by atoms with E-state index in [4.69, 9.17) is 16.7 Å². The maximum atomic E-state index is 14.2. The van der Waals surface area contributed by atoms with E-state index < -0.39 is 6.04 Å². The van der Waals surface area contributed by atoms with Crippen LogP contribution in [-0.4, -0.2) is 20.1 Å². The minimum absolute atomic E-state index is 0.290. The Kier molecular flexibility index (Phi) is 5.51. The van der Waals surface area contributed by atoms with Gasteiger partial charge >= 0.3 is 0 Å². The predicted molar refractivity (Wildman–Crippen MR) is 142 cm³/mol. The normalized spacial score (nSPS) is 12.2. The molecule has 1 unspecified atom stereocenters. The number of carbonyl (C=O) groups is 1. The monoisotopic (exact) mass is 492 g/mol. The van der Waals surface area contributed by atoms with Crippen molar-refractivity contribution in [2.75, 3.05) is 0 Å². The van der Waals surface area contributed by atoms with Gasteiger partial charge in [0.25, 0.3) is 5.56 Å². The van der Waals surface area contributed by atoms with Gasteiger partial charge in [0, 0.05) is 17.0 Å². The molecule has 0 saturated carbocycles. The van der Waals surface area contributed by atoms with E-state index in [0.717, 1.165) is 16.5 Å². The standard InChI is InChI=1S/C29H21ClN4O2/c30-21-16-14-20(15-17-21)26(28(35)31-18-19-8-2-1-3-9-19)33-24-12-6-7-13-25(24)34-27(29(33)36)22-10-4-5-11-23(22)32-34/h1-17,26H,18H2,(H,31,35). The van der Waals surface area contributed by atoms with E-state index in [-0.39, 0.29) is 11.5 Å². The van der Waals surface area contributed by atoms with Crippen LogP contribution in [-0.2, 0) is 11.3 Å². The van der Waals surface area contributed by atoms with E-state index in [0.29, 0.717) is 33.7 Å². The Labute approximate surface area is 211 Å². The molecule has 7 heteroatoms. The van der Waals surface area contributed by atoms with Crippen LogP contribution in [0.4, 0.5) is 0 Å². The first-order valence-corrected chi connectivity index (χ1v) is 12.0. The lowest BCUT2D eigenvalue weighted by atomic mass is 10.0. The molecule has 36 heavy (non-hydrogen) atoms. The summed E-state index contributed by atoms with van der Waals surface area (Å²) in [6.07, 6.45) is 0. The molecule has 0 saturated heterocycles. The smallest absolute Gasteiger partial charge is 0.278 e. The van der Waals surface area contributed by atoms with Gasteiger partial charge in [0.2, 0.25) is 5.91 Å². The molecule has 2 heterocycles. The Morgan fingerprint density at radius 3 is 2.28 bits per heavy atom. The summed E-state index contributed by atoms with van der Waals surface area (Å²) < 4.78 is 3.25. The van der Waals surface area contributed by atoms with Crippen LogP contribution in [0.3, 0.4) is 0 Å². The average molecular weight is 493 g/mol. The topological polar surface area (TPSA) is 68.4 Å². The third kappa shape index (κ3) is 3.72. The maximum Gasteiger partial charge on any atom is 0.278 e. The van der Waals surface area contributed by atoms with Gasteiger partial charge < -0.3 is 5.32 Å². The minimum Gasteiger partial charge on any atom is -0.350 e. The highest BCUT2D eigenvalue weighted by molar-refractivity contribution is 6.30. The highest BCUT2D eigenvalue weighted by atomic mass is 35.5. The minimum atomic E-state index is -0.915. The average Bonchev–Trinajstić information content (AvgIpc) is 3.31. The third-order valence-electron chi connectivity index (χ3n) is 6.37. The molecule has 0 spiro atoms. The van der Waals surface area contributed by atoms with Gasteiger partial charge in [-0.05, 0) is 41.5 Å². The van der Waals surface area contributed by atoms with Crippen molar-refractivity contribution in [3.8, 4) is 0 Å². The summed E-state index contributed by atoms with van der Waals surface area (Å²) in [6, 6.07) is 30.8. The lowest BCUT2D eigenvalue weighted by Crippen LogP contribution is -2.38. The van der Waals surface area contributed by atoms with Crippen molar-refractivity contribution < 1.29 is 4.79 Å². The number of para-hydroxylation sites is 2. The Hall–Kier alpha value is -4.42. The number of nitrogens with one attached hydrogen (secondary N) is 1. The number of hydrogen-bond donors (Lipinski definition) is 1. The molecular formula is C29H21ClN4O2. The van der Waals surface area contributed by atoms with Crippen molar-refractivity contribution in [2.45, 2.75) is 12.6 Å². The van der Waals surface area contributed by atoms with Gasteiger partial charge in [-0.25, -0.2) is 4.52 Å². The SMILES string of the molecule is O=C(NCc1ccccc1)C(c1ccc(Cl)cc1)n1c(=O)c2c3ccccc3nn2c2ccccc21. The van der Waals surface area contributed by atoms with E-state index in [1.807, 2.05) is 78.9 Å². The summed E-state index contributed by atoms with van der Waals surface area (Å²) in [6.45, 7) is 0.342. The molecule has 1 amide bonds. The number of benzene rings is 4. The fourth-order valence-electron chi connectivity index (χ4n) is 4.68. The molecule has 0 aliphatic heterocycles. The van der Waals surface area contributed by atoms with Gasteiger partial charge in [0.15, 0.2) is 0 Å². The molecule has 2 aromatic heterocycles. The molecule has 0 radical (unpaired) electrons. The molecule has 6 nitrogen and oxygen atoms in total. The van der Waals surface area contributed by atoms with Crippen LogP contribution in [0, 0.1) is 0 Å². The number of carbonyl (C=O) groups excluding carboxylic acids is 1. The van der Waals surface area contributed by atoms with Gasteiger partial charge in [-0.15, -0.1) is 0 Å². The Balaban J connectivity index is 1.61. The van der Waals surface area contributed by atoms with Crippen LogP contribution in [0.15, 0.2) is 108 Å². The first-order chi connectivity index (χ1) is 17.6. The highest BCUT2D eigenvalue weighted by Gasteiger charge is 2.28. The van der Waals surface area contributed by atoms with Crippen LogP contribution in [0.1, 0.15) is 17.2 Å². The first-order valence-electron chi connectivity index (χ1n) is 11.6. The lowest BCUT2D eigenvalue weighted by Gasteiger charge is -2.22. The van der Waals surface area contributed by atoms with Crippen molar-refractivity contribution in [3.63, 3.8) is 0 Å². The van der Waals surface area contributed by atoms with E-state index in [1.54, 1.807) is 33.3 Å². The van der Waals surface area contributed by atoms with Gasteiger partial charge in [-0.3, -0.25) is 14.2 Å². The second kappa shape index (κ2) is 8.98. The van der Waals surface area contributed by atoms with Gasteiger partial charge in [-0.2, -0.15) is 5.10 Å². The number of rotatable bonds is 5. The number of amides is 1. The molecule has 0 bridgehead atoms. The zero-order valence-corrected chi connectivity index (χ0v) is 19.9. The summed E-state index contributed by atoms with van der Waals surface area (Å²) >= 11 is 6.16. The summed E-state index contributed by atoms with van der Waals surface area (Å²) in [5.74, 6) is -0.290. The van der Waals surface area contributed by atoms with E-state index in [9.17, 15) is 9.59 Å². The number of halogens is 1. The summed E-state index contributed by atoms with van der Waals surface area (Å²) in [5.41, 5.74) is 3.82. The second-order valence-electron chi connectivity index (χ2n) is 8.60. The fraction of sp³-hybridized carbons (Fsp3) is 0.0690. The van der Waals surface area contributed by atoms with Gasteiger partial charge in [-0.1, -0.05) is 84.4 Å². The molecule has 176 valence electrons. The molecule has 1 atom stereocenters. The molecule has 6 rings (SSSR count). The molecule has 0 fully saturated rings. The number of fused-ring (bicyclic) bond motifs is 5. The first kappa shape index (κ1) is 22.1. The molecule has 1 N–H and O–H groups in total. The van der Waals surface area contributed by atoms with Crippen molar-refractivity contribution in [3.05, 3.63) is 130 Å². The Bertz CT molecular complexity index is 1790. The van der Waals surface area contributed by atoms with Crippen molar-refractivity contribution in [1.29, 1.82) is 0 Å². The zero-order chi connectivity index (χ0) is 24.6. The van der Waals surface area contributed by atoms with Gasteiger partial charge in [0.05, 0.1) is 16.6 Å². The second-order valence-corrected chi connectivity index (χ2v) is 9.04. The number of nitrogens with zero attached hydrogens (tertiary/aromatic N) is 3. The fourth-order valence-corrected chi connectivity index (χ4v) is 4.81. The molecule has 0 aliphatic carbocycles. The van der Waals surface area contributed by atoms with Crippen molar-refractivity contribution in [2.24, 2.45) is 0 Å². The zero-order valence-electron chi connectivity index (χ0n) is 19.1. The van der Waals surface area contributed by atoms with Crippen LogP contribution >= 0.6 is 11.6 Å². The van der Waals surface area contributed by atoms with Crippen LogP contribution in [0.25, 0.3) is 27.5 Å². The highest BCUT2D eigenvalue weighted by Crippen LogP contribution is 2.27. The third-order valence-corrected chi connectivity index (χ3v) is 6.62. The van der Waals surface area contributed by atoms with Crippen molar-refractivity contribution >= 4 is 45.0 Å². The molecule has 6 aromatic rings. The van der Waals surface area contributed by atoms with Crippen molar-refractivity contribution in [1.82, 2.24) is 19.5 Å². The summed E-state index contributed by atoms with van der Waals surface area (Å²) in [5, 5.41) is 9.01. The van der Waals surface area contributed by atoms with E-state index in [2.05, 4.69) is 5.32 Å². The molecule has 4 aromatic carbocycles.